The molecule has 2 aliphatic rings. The Bertz CT molecular complexity index is 289. The summed E-state index contributed by atoms with van der Waals surface area (Å²) < 4.78 is 0. The van der Waals surface area contributed by atoms with E-state index in [1.807, 2.05) is 6.08 Å². The van der Waals surface area contributed by atoms with Crippen molar-refractivity contribution in [2.75, 3.05) is 0 Å². The topological polar surface area (TPSA) is 12.0 Å². The number of hydrogen-bond acceptors (Lipinski definition) is 1. The van der Waals surface area contributed by atoms with E-state index < -0.39 is 0 Å². The van der Waals surface area contributed by atoms with Gasteiger partial charge in [-0.3, -0.25) is 0 Å². The van der Waals surface area contributed by atoms with E-state index in [9.17, 15) is 0 Å². The minimum Gasteiger partial charge on any atom is -0.366 e. The SMILES string of the molecule is ClC1=CC(Cl)NC2=CCCC=C12. The second-order valence-electron chi connectivity index (χ2n) is 2.87. The molecular formula is C9H9Cl2N. The zero-order valence-electron chi connectivity index (χ0n) is 6.48. The van der Waals surface area contributed by atoms with Gasteiger partial charge >= 0.3 is 0 Å². The van der Waals surface area contributed by atoms with Crippen LogP contribution >= 0.6 is 23.2 Å². The van der Waals surface area contributed by atoms with Gasteiger partial charge in [-0.05, 0) is 18.9 Å². The summed E-state index contributed by atoms with van der Waals surface area (Å²) in [6.07, 6.45) is 8.23. The molecule has 64 valence electrons. The van der Waals surface area contributed by atoms with Crippen LogP contribution in [0.4, 0.5) is 0 Å². The first-order valence-electron chi connectivity index (χ1n) is 3.96. The number of rotatable bonds is 0. The molecule has 1 aliphatic heterocycles. The van der Waals surface area contributed by atoms with Crippen molar-refractivity contribution in [3.63, 3.8) is 0 Å². The van der Waals surface area contributed by atoms with Gasteiger partial charge in [-0.15, -0.1) is 0 Å². The zero-order chi connectivity index (χ0) is 8.55. The minimum atomic E-state index is -0.168. The molecule has 1 N–H and O–H groups in total. The van der Waals surface area contributed by atoms with E-state index in [2.05, 4.69) is 17.5 Å². The monoisotopic (exact) mass is 201 g/mol. The van der Waals surface area contributed by atoms with Crippen molar-refractivity contribution < 1.29 is 0 Å². The van der Waals surface area contributed by atoms with Gasteiger partial charge in [0.15, 0.2) is 0 Å². The van der Waals surface area contributed by atoms with Crippen molar-refractivity contribution in [2.45, 2.75) is 18.3 Å². The first-order chi connectivity index (χ1) is 5.77. The molecule has 0 bridgehead atoms. The molecule has 0 saturated carbocycles. The molecule has 0 radical (unpaired) electrons. The van der Waals surface area contributed by atoms with Crippen LogP contribution in [0.25, 0.3) is 0 Å². The molecule has 1 atom stereocenters. The Kier molecular flexibility index (Phi) is 2.16. The van der Waals surface area contributed by atoms with Gasteiger partial charge in [0.05, 0.1) is 0 Å². The van der Waals surface area contributed by atoms with Crippen molar-refractivity contribution in [2.24, 2.45) is 0 Å². The van der Waals surface area contributed by atoms with Gasteiger partial charge in [0, 0.05) is 16.3 Å². The third-order valence-corrected chi connectivity index (χ3v) is 2.56. The van der Waals surface area contributed by atoms with E-state index in [0.717, 1.165) is 29.1 Å². The molecule has 3 heteroatoms. The van der Waals surface area contributed by atoms with Crippen molar-refractivity contribution >= 4 is 23.2 Å². The summed E-state index contributed by atoms with van der Waals surface area (Å²) in [6, 6.07) is 0. The third-order valence-electron chi connectivity index (χ3n) is 2.00. The third kappa shape index (κ3) is 1.39. The molecule has 0 saturated heterocycles. The maximum atomic E-state index is 6.01. The molecule has 1 aliphatic carbocycles. The Morgan fingerprint density at radius 1 is 1.33 bits per heavy atom. The average Bonchev–Trinajstić information content (AvgIpc) is 2.04. The number of alkyl halides is 1. The Morgan fingerprint density at radius 3 is 2.92 bits per heavy atom. The van der Waals surface area contributed by atoms with Crippen LogP contribution in [-0.2, 0) is 0 Å². The molecule has 0 aromatic heterocycles. The fourth-order valence-corrected chi connectivity index (χ4v) is 2.06. The fourth-order valence-electron chi connectivity index (χ4n) is 1.45. The lowest BCUT2D eigenvalue weighted by Crippen LogP contribution is -2.27. The normalized spacial score (nSPS) is 27.8. The van der Waals surface area contributed by atoms with E-state index in [1.165, 1.54) is 0 Å². The second-order valence-corrected chi connectivity index (χ2v) is 3.75. The maximum absolute atomic E-state index is 6.01. The molecule has 0 fully saturated rings. The Balaban J connectivity index is 2.38. The van der Waals surface area contributed by atoms with Crippen LogP contribution in [0.3, 0.4) is 0 Å². The van der Waals surface area contributed by atoms with Crippen LogP contribution in [0.5, 0.6) is 0 Å². The molecule has 0 spiro atoms. The van der Waals surface area contributed by atoms with E-state index >= 15 is 0 Å². The number of hydrogen-bond donors (Lipinski definition) is 1. The molecule has 0 amide bonds. The predicted molar refractivity (Wildman–Crippen MR) is 52.1 cm³/mol. The van der Waals surface area contributed by atoms with E-state index in [1.54, 1.807) is 0 Å². The molecule has 1 unspecified atom stereocenters. The number of fused-ring (bicyclic) bond motifs is 1. The highest BCUT2D eigenvalue weighted by Gasteiger charge is 2.19. The number of halogens is 2. The van der Waals surface area contributed by atoms with E-state index in [4.69, 9.17) is 23.2 Å². The van der Waals surface area contributed by atoms with Gasteiger partial charge in [-0.2, -0.15) is 0 Å². The van der Waals surface area contributed by atoms with Crippen LogP contribution in [0.2, 0.25) is 0 Å². The van der Waals surface area contributed by atoms with E-state index in [-0.39, 0.29) is 5.50 Å². The summed E-state index contributed by atoms with van der Waals surface area (Å²) in [6.45, 7) is 0. The highest BCUT2D eigenvalue weighted by Crippen LogP contribution is 2.30. The van der Waals surface area contributed by atoms with Gasteiger partial charge < -0.3 is 5.32 Å². The van der Waals surface area contributed by atoms with Crippen molar-refractivity contribution in [3.05, 3.63) is 34.5 Å². The van der Waals surface area contributed by atoms with Gasteiger partial charge in [0.1, 0.15) is 5.50 Å². The number of allylic oxidation sites excluding steroid dienone is 3. The Hall–Kier alpha value is -0.400. The van der Waals surface area contributed by atoms with Crippen molar-refractivity contribution in [1.29, 1.82) is 0 Å². The lowest BCUT2D eigenvalue weighted by atomic mass is 10.0. The minimum absolute atomic E-state index is 0.168. The van der Waals surface area contributed by atoms with Crippen LogP contribution in [0.15, 0.2) is 34.5 Å². The summed E-state index contributed by atoms with van der Waals surface area (Å²) in [7, 11) is 0. The van der Waals surface area contributed by atoms with Crippen LogP contribution in [0.1, 0.15) is 12.8 Å². The Labute approximate surface area is 81.7 Å². The summed E-state index contributed by atoms with van der Waals surface area (Å²) in [4.78, 5) is 0. The van der Waals surface area contributed by atoms with Gasteiger partial charge in [0.2, 0.25) is 0 Å². The van der Waals surface area contributed by atoms with Gasteiger partial charge in [0.25, 0.3) is 0 Å². The fraction of sp³-hybridized carbons (Fsp3) is 0.333. The predicted octanol–water partition coefficient (Wildman–Crippen LogP) is 2.88. The Morgan fingerprint density at radius 2 is 2.08 bits per heavy atom. The standard InChI is InChI=1S/C9H9Cl2N/c10-7-5-9(11)12-8-4-2-1-3-6(7)8/h3-5,9,12H,1-2H2. The van der Waals surface area contributed by atoms with Crippen molar-refractivity contribution in [1.82, 2.24) is 5.32 Å². The molecule has 1 heterocycles. The highest BCUT2D eigenvalue weighted by molar-refractivity contribution is 6.33. The molecule has 12 heavy (non-hydrogen) atoms. The second kappa shape index (κ2) is 3.15. The summed E-state index contributed by atoms with van der Waals surface area (Å²) in [5.41, 5.74) is 2.01. The smallest absolute Gasteiger partial charge is 0.122 e. The lowest BCUT2D eigenvalue weighted by molar-refractivity contribution is 0.807. The molecule has 1 nitrogen and oxygen atoms in total. The van der Waals surface area contributed by atoms with Gasteiger partial charge in [-0.1, -0.05) is 35.4 Å². The van der Waals surface area contributed by atoms with Crippen LogP contribution in [-0.4, -0.2) is 5.50 Å². The first kappa shape index (κ1) is 8.21. The van der Waals surface area contributed by atoms with Gasteiger partial charge in [-0.25, -0.2) is 0 Å². The number of nitrogens with one attached hydrogen (secondary N) is 1. The molecular weight excluding hydrogens is 193 g/mol. The lowest BCUT2D eigenvalue weighted by Gasteiger charge is -2.24. The summed E-state index contributed by atoms with van der Waals surface area (Å²) in [5.74, 6) is 0. The first-order valence-corrected chi connectivity index (χ1v) is 4.78. The molecule has 0 aromatic carbocycles. The van der Waals surface area contributed by atoms with Crippen molar-refractivity contribution in [3.8, 4) is 0 Å². The maximum Gasteiger partial charge on any atom is 0.122 e. The summed E-state index contributed by atoms with van der Waals surface area (Å²) >= 11 is 11.9. The molecule has 2 rings (SSSR count). The molecule has 0 aromatic rings. The zero-order valence-corrected chi connectivity index (χ0v) is 7.99. The highest BCUT2D eigenvalue weighted by atomic mass is 35.5. The summed E-state index contributed by atoms with van der Waals surface area (Å²) in [5, 5.41) is 3.91. The van der Waals surface area contributed by atoms with Crippen LogP contribution < -0.4 is 5.32 Å². The van der Waals surface area contributed by atoms with Crippen LogP contribution in [0, 0.1) is 0 Å². The van der Waals surface area contributed by atoms with E-state index in [0.29, 0.717) is 0 Å². The quantitative estimate of drug-likeness (QED) is 0.470. The average molecular weight is 202 g/mol. The largest absolute Gasteiger partial charge is 0.366 e.